The van der Waals surface area contributed by atoms with Crippen LogP contribution in [0.4, 0.5) is 11.5 Å². The molecule has 0 radical (unpaired) electrons. The minimum Gasteiger partial charge on any atom is -0.464 e. The largest absolute Gasteiger partial charge is 0.464 e. The second-order valence-corrected chi connectivity index (χ2v) is 6.51. The molecule has 3 rings (SSSR count). The molecule has 1 aromatic heterocycles. The molecule has 0 bridgehead atoms. The number of pyridine rings is 1. The van der Waals surface area contributed by atoms with Crippen molar-refractivity contribution in [2.24, 2.45) is 0 Å². The molecule has 122 valence electrons. The highest BCUT2D eigenvalue weighted by Gasteiger charge is 2.32. The number of hydrogen-bond acceptors (Lipinski definition) is 5. The van der Waals surface area contributed by atoms with Crippen molar-refractivity contribution >= 4 is 44.2 Å². The summed E-state index contributed by atoms with van der Waals surface area (Å²) in [5, 5.41) is 1.89. The van der Waals surface area contributed by atoms with E-state index in [1.165, 1.54) is 0 Å². The lowest BCUT2D eigenvalue weighted by molar-refractivity contribution is -0.145. The second kappa shape index (κ2) is 6.74. The summed E-state index contributed by atoms with van der Waals surface area (Å²) >= 11 is 3.60. The van der Waals surface area contributed by atoms with Crippen molar-refractivity contribution in [3.05, 3.63) is 28.9 Å². The molecule has 0 spiro atoms. The topological polar surface area (TPSA) is 68.5 Å². The molecule has 2 aromatic rings. The molecule has 1 atom stereocenters. The number of carbonyl (C=O) groups is 1. The molecule has 1 saturated heterocycles. The number of rotatable bonds is 3. The van der Waals surface area contributed by atoms with Gasteiger partial charge in [0.05, 0.1) is 6.61 Å². The van der Waals surface area contributed by atoms with Gasteiger partial charge in [0.2, 0.25) is 0 Å². The summed E-state index contributed by atoms with van der Waals surface area (Å²) in [5.41, 5.74) is 6.81. The summed E-state index contributed by atoms with van der Waals surface area (Å²) in [6, 6.07) is 5.42. The number of aromatic nitrogens is 1. The zero-order chi connectivity index (χ0) is 16.4. The van der Waals surface area contributed by atoms with E-state index in [2.05, 4.69) is 25.8 Å². The summed E-state index contributed by atoms with van der Waals surface area (Å²) in [7, 11) is 0. The van der Waals surface area contributed by atoms with Gasteiger partial charge in [-0.2, -0.15) is 0 Å². The first-order valence-electron chi connectivity index (χ1n) is 7.89. The quantitative estimate of drug-likeness (QED) is 0.654. The third-order valence-electron chi connectivity index (χ3n) is 4.22. The number of hydrogen-bond donors (Lipinski definition) is 1. The van der Waals surface area contributed by atoms with Crippen LogP contribution in [0.3, 0.4) is 0 Å². The van der Waals surface area contributed by atoms with Gasteiger partial charge >= 0.3 is 5.97 Å². The maximum atomic E-state index is 12.3. The first-order valence-corrected chi connectivity index (χ1v) is 8.68. The number of ether oxygens (including phenoxy) is 1. The Balaban J connectivity index is 2.10. The molecule has 1 unspecified atom stereocenters. The molecule has 0 aliphatic carbocycles. The lowest BCUT2D eigenvalue weighted by atomic mass is 10.0. The lowest BCUT2D eigenvalue weighted by Crippen LogP contribution is -2.46. The van der Waals surface area contributed by atoms with E-state index in [9.17, 15) is 4.79 Å². The molecule has 6 heteroatoms. The maximum absolute atomic E-state index is 12.3. The van der Waals surface area contributed by atoms with Crippen LogP contribution in [-0.4, -0.2) is 30.1 Å². The van der Waals surface area contributed by atoms with Crippen LogP contribution in [0.25, 0.3) is 10.8 Å². The predicted molar refractivity (Wildman–Crippen MR) is 95.5 cm³/mol. The van der Waals surface area contributed by atoms with Crippen LogP contribution in [0.15, 0.2) is 28.9 Å². The Morgan fingerprint density at radius 1 is 1.43 bits per heavy atom. The number of carbonyl (C=O) groups excluding carboxylic acids is 1. The third kappa shape index (κ3) is 3.00. The molecule has 1 fully saturated rings. The molecular formula is C17H20BrN3O2. The van der Waals surface area contributed by atoms with Crippen LogP contribution in [0, 0.1) is 0 Å². The number of nitrogens with zero attached hydrogens (tertiary/aromatic N) is 2. The van der Waals surface area contributed by atoms with Crippen molar-refractivity contribution in [1.29, 1.82) is 0 Å². The number of benzene rings is 1. The van der Waals surface area contributed by atoms with Crippen molar-refractivity contribution < 1.29 is 9.53 Å². The first-order chi connectivity index (χ1) is 11.1. The summed E-state index contributed by atoms with van der Waals surface area (Å²) in [6.45, 7) is 3.01. The zero-order valence-corrected chi connectivity index (χ0v) is 14.7. The smallest absolute Gasteiger partial charge is 0.328 e. The number of anilines is 2. The number of nitrogen functional groups attached to an aromatic ring is 1. The Hall–Kier alpha value is -1.82. The molecular weight excluding hydrogens is 358 g/mol. The van der Waals surface area contributed by atoms with Crippen LogP contribution in [0.5, 0.6) is 0 Å². The van der Waals surface area contributed by atoms with Crippen LogP contribution in [0.2, 0.25) is 0 Å². The Labute approximate surface area is 143 Å². The molecule has 1 aliphatic rings. The van der Waals surface area contributed by atoms with Crippen LogP contribution < -0.4 is 10.6 Å². The molecule has 0 amide bonds. The number of halogens is 1. The van der Waals surface area contributed by atoms with E-state index in [1.54, 1.807) is 6.20 Å². The fraction of sp³-hybridized carbons (Fsp3) is 0.412. The number of nitrogens with two attached hydrogens (primary N) is 1. The summed E-state index contributed by atoms with van der Waals surface area (Å²) in [5.74, 6) is 0.616. The van der Waals surface area contributed by atoms with Gasteiger partial charge in [-0.1, -0.05) is 15.9 Å². The molecule has 0 saturated carbocycles. The average molecular weight is 378 g/mol. The van der Waals surface area contributed by atoms with Crippen molar-refractivity contribution in [1.82, 2.24) is 4.98 Å². The van der Waals surface area contributed by atoms with Gasteiger partial charge in [-0.15, -0.1) is 0 Å². The van der Waals surface area contributed by atoms with Crippen molar-refractivity contribution in [2.75, 3.05) is 23.8 Å². The van der Waals surface area contributed by atoms with E-state index >= 15 is 0 Å². The highest BCUT2D eigenvalue weighted by atomic mass is 79.9. The van der Waals surface area contributed by atoms with Crippen LogP contribution in [-0.2, 0) is 9.53 Å². The third-order valence-corrected chi connectivity index (χ3v) is 4.88. The number of piperidine rings is 1. The van der Waals surface area contributed by atoms with Crippen LogP contribution >= 0.6 is 15.9 Å². The standard InChI is InChI=1S/C17H20BrN3O2/c1-2-23-17(22)14-5-3-4-10-21(14)16-15-11(8-9-20-16)13(19)7-6-12(15)18/h6-9,14H,2-5,10,19H2,1H3. The van der Waals surface area contributed by atoms with Crippen molar-refractivity contribution in [3.8, 4) is 0 Å². The van der Waals surface area contributed by atoms with Gasteiger partial charge in [0.15, 0.2) is 0 Å². The SMILES string of the molecule is CCOC(=O)C1CCCCN1c1nccc2c(N)ccc(Br)c12. The fourth-order valence-electron chi connectivity index (χ4n) is 3.15. The predicted octanol–water partition coefficient (Wildman–Crippen LogP) is 3.50. The van der Waals surface area contributed by atoms with Crippen molar-refractivity contribution in [3.63, 3.8) is 0 Å². The highest BCUT2D eigenvalue weighted by Crippen LogP contribution is 2.37. The molecule has 5 nitrogen and oxygen atoms in total. The van der Waals surface area contributed by atoms with E-state index in [4.69, 9.17) is 10.5 Å². The normalized spacial score (nSPS) is 18.2. The fourth-order valence-corrected chi connectivity index (χ4v) is 3.67. The summed E-state index contributed by atoms with van der Waals surface area (Å²) in [6.07, 6.45) is 4.59. The lowest BCUT2D eigenvalue weighted by Gasteiger charge is -2.35. The Bertz CT molecular complexity index is 735. The van der Waals surface area contributed by atoms with E-state index < -0.39 is 0 Å². The van der Waals surface area contributed by atoms with Gasteiger partial charge in [0.25, 0.3) is 0 Å². The molecule has 23 heavy (non-hydrogen) atoms. The number of fused-ring (bicyclic) bond motifs is 1. The highest BCUT2D eigenvalue weighted by molar-refractivity contribution is 9.10. The minimum atomic E-state index is -0.282. The molecule has 1 aliphatic heterocycles. The van der Waals surface area contributed by atoms with E-state index in [0.717, 1.165) is 46.9 Å². The van der Waals surface area contributed by atoms with Crippen LogP contribution in [0.1, 0.15) is 26.2 Å². The average Bonchev–Trinajstić information content (AvgIpc) is 2.58. The van der Waals surface area contributed by atoms with Gasteiger partial charge in [-0.3, -0.25) is 0 Å². The first kappa shape index (κ1) is 16.1. The second-order valence-electron chi connectivity index (χ2n) is 5.65. The van der Waals surface area contributed by atoms with Gasteiger partial charge in [-0.25, -0.2) is 9.78 Å². The molecule has 2 heterocycles. The molecule has 2 N–H and O–H groups in total. The minimum absolute atomic E-state index is 0.175. The Kier molecular flexibility index (Phi) is 4.71. The number of esters is 1. The van der Waals surface area contributed by atoms with Gasteiger partial charge < -0.3 is 15.4 Å². The maximum Gasteiger partial charge on any atom is 0.328 e. The summed E-state index contributed by atoms with van der Waals surface area (Å²) < 4.78 is 6.18. The van der Waals surface area contributed by atoms with Gasteiger partial charge in [-0.05, 0) is 44.4 Å². The monoisotopic (exact) mass is 377 g/mol. The van der Waals surface area contributed by atoms with E-state index in [-0.39, 0.29) is 12.0 Å². The van der Waals surface area contributed by atoms with E-state index in [0.29, 0.717) is 12.3 Å². The molecule has 1 aromatic carbocycles. The van der Waals surface area contributed by atoms with Gasteiger partial charge in [0, 0.05) is 33.7 Å². The summed E-state index contributed by atoms with van der Waals surface area (Å²) in [4.78, 5) is 19.0. The van der Waals surface area contributed by atoms with Crippen molar-refractivity contribution in [2.45, 2.75) is 32.2 Å². The van der Waals surface area contributed by atoms with E-state index in [1.807, 2.05) is 25.1 Å². The zero-order valence-electron chi connectivity index (χ0n) is 13.1. The van der Waals surface area contributed by atoms with Gasteiger partial charge in [0.1, 0.15) is 11.9 Å². The Morgan fingerprint density at radius 3 is 3.04 bits per heavy atom. The Morgan fingerprint density at radius 2 is 2.26 bits per heavy atom.